The second-order valence-electron chi connectivity index (χ2n) is 9.04. The molecule has 0 radical (unpaired) electrons. The van der Waals surface area contributed by atoms with Gasteiger partial charge in [0, 0.05) is 17.6 Å². The smallest absolute Gasteiger partial charge is 0.421 e. The van der Waals surface area contributed by atoms with Crippen LogP contribution in [0, 0.1) is 0 Å². The largest absolute Gasteiger partial charge is 0.490 e. The number of nitrogens with zero attached hydrogens (tertiary/aromatic N) is 2. The van der Waals surface area contributed by atoms with Gasteiger partial charge in [0.25, 0.3) is 0 Å². The molecule has 1 aliphatic carbocycles. The molecule has 1 atom stereocenters. The number of nitrogens with one attached hydrogen (secondary N) is 2. The number of alkyl halides is 3. The fourth-order valence-corrected chi connectivity index (χ4v) is 4.16. The predicted octanol–water partition coefficient (Wildman–Crippen LogP) is 8.21. The summed E-state index contributed by atoms with van der Waals surface area (Å²) in [4.78, 5) is 8.06. The molecule has 1 heterocycles. The van der Waals surface area contributed by atoms with Gasteiger partial charge in [-0.3, -0.25) is 0 Å². The first-order valence-electron chi connectivity index (χ1n) is 12.2. The zero-order valence-electron chi connectivity index (χ0n) is 20.0. The van der Waals surface area contributed by atoms with Crippen LogP contribution >= 0.6 is 0 Å². The van der Waals surface area contributed by atoms with Gasteiger partial charge in [0.1, 0.15) is 17.1 Å². The maximum absolute atomic E-state index is 13.7. The first kappa shape index (κ1) is 24.8. The molecule has 35 heavy (non-hydrogen) atoms. The van der Waals surface area contributed by atoms with Crippen molar-refractivity contribution in [2.24, 2.45) is 0 Å². The number of hydrogen-bond acceptors (Lipinski definition) is 5. The van der Waals surface area contributed by atoms with E-state index in [1.807, 2.05) is 42.5 Å². The Hall–Kier alpha value is -3.29. The van der Waals surface area contributed by atoms with Gasteiger partial charge in [-0.15, -0.1) is 0 Å². The number of halogens is 3. The SMILES string of the molecule is CCC(C)c1cccc(Nc2nc(Nc3ccc(OC4CCCCC4)cc3)ncc2C(F)(F)F)c1. The molecule has 186 valence electrons. The molecule has 0 saturated heterocycles. The fourth-order valence-electron chi connectivity index (χ4n) is 4.16. The fraction of sp³-hybridized carbons (Fsp3) is 0.407. The summed E-state index contributed by atoms with van der Waals surface area (Å²) in [6.07, 6.45) is 3.16. The molecule has 2 aromatic carbocycles. The summed E-state index contributed by atoms with van der Waals surface area (Å²) in [5, 5.41) is 5.84. The topological polar surface area (TPSA) is 59.1 Å². The third-order valence-corrected chi connectivity index (χ3v) is 6.39. The van der Waals surface area contributed by atoms with Crippen molar-refractivity contribution < 1.29 is 17.9 Å². The summed E-state index contributed by atoms with van der Waals surface area (Å²) in [5.41, 5.74) is 1.33. The van der Waals surface area contributed by atoms with Crippen LogP contribution in [0.4, 0.5) is 36.3 Å². The quantitative estimate of drug-likeness (QED) is 0.337. The minimum Gasteiger partial charge on any atom is -0.490 e. The first-order valence-corrected chi connectivity index (χ1v) is 12.2. The van der Waals surface area contributed by atoms with Crippen LogP contribution < -0.4 is 15.4 Å². The van der Waals surface area contributed by atoms with E-state index in [1.165, 1.54) is 19.3 Å². The molecule has 0 aliphatic heterocycles. The highest BCUT2D eigenvalue weighted by atomic mass is 19.4. The van der Waals surface area contributed by atoms with E-state index in [4.69, 9.17) is 4.74 Å². The minimum absolute atomic E-state index is 0.0690. The number of hydrogen-bond donors (Lipinski definition) is 2. The lowest BCUT2D eigenvalue weighted by molar-refractivity contribution is -0.137. The molecule has 1 saturated carbocycles. The molecule has 1 fully saturated rings. The van der Waals surface area contributed by atoms with E-state index in [-0.39, 0.29) is 17.9 Å². The average molecular weight is 485 g/mol. The molecule has 4 rings (SSSR count). The molecule has 3 aromatic rings. The number of benzene rings is 2. The van der Waals surface area contributed by atoms with E-state index in [9.17, 15) is 13.2 Å². The Morgan fingerprint density at radius 1 is 1.00 bits per heavy atom. The Kier molecular flexibility index (Phi) is 7.78. The molecule has 8 heteroatoms. The van der Waals surface area contributed by atoms with Crippen molar-refractivity contribution in [3.8, 4) is 5.75 Å². The van der Waals surface area contributed by atoms with Gasteiger partial charge >= 0.3 is 6.18 Å². The van der Waals surface area contributed by atoms with Gasteiger partial charge in [0.15, 0.2) is 0 Å². The van der Waals surface area contributed by atoms with Crippen LogP contribution in [0.25, 0.3) is 0 Å². The van der Waals surface area contributed by atoms with Crippen molar-refractivity contribution in [3.05, 3.63) is 65.9 Å². The molecular formula is C27H31F3N4O. The van der Waals surface area contributed by atoms with Gasteiger partial charge in [-0.2, -0.15) is 18.2 Å². The van der Waals surface area contributed by atoms with Crippen molar-refractivity contribution in [3.63, 3.8) is 0 Å². The second-order valence-corrected chi connectivity index (χ2v) is 9.04. The lowest BCUT2D eigenvalue weighted by atomic mass is 9.98. The van der Waals surface area contributed by atoms with Crippen molar-refractivity contribution in [2.45, 2.75) is 70.6 Å². The highest BCUT2D eigenvalue weighted by molar-refractivity contribution is 5.63. The van der Waals surface area contributed by atoms with Crippen molar-refractivity contribution in [1.29, 1.82) is 0 Å². The van der Waals surface area contributed by atoms with E-state index in [0.29, 0.717) is 17.3 Å². The summed E-state index contributed by atoms with van der Waals surface area (Å²) >= 11 is 0. The van der Waals surface area contributed by atoms with E-state index < -0.39 is 11.7 Å². The van der Waals surface area contributed by atoms with Gasteiger partial charge in [-0.05, 0) is 80.0 Å². The van der Waals surface area contributed by atoms with Crippen LogP contribution in [0.3, 0.4) is 0 Å². The van der Waals surface area contributed by atoms with Crippen molar-refractivity contribution >= 4 is 23.1 Å². The lowest BCUT2D eigenvalue weighted by Crippen LogP contribution is -2.19. The summed E-state index contributed by atoms with van der Waals surface area (Å²) in [5.74, 6) is 0.846. The predicted molar refractivity (Wildman–Crippen MR) is 133 cm³/mol. The van der Waals surface area contributed by atoms with E-state index in [1.54, 1.807) is 6.07 Å². The molecule has 5 nitrogen and oxygen atoms in total. The van der Waals surface area contributed by atoms with Crippen LogP contribution in [-0.2, 0) is 6.18 Å². The van der Waals surface area contributed by atoms with Crippen LogP contribution in [0.5, 0.6) is 5.75 Å². The van der Waals surface area contributed by atoms with Gasteiger partial charge in [-0.1, -0.05) is 32.4 Å². The van der Waals surface area contributed by atoms with Crippen molar-refractivity contribution in [2.75, 3.05) is 10.6 Å². The number of aromatic nitrogens is 2. The van der Waals surface area contributed by atoms with Gasteiger partial charge in [0.05, 0.1) is 6.10 Å². The van der Waals surface area contributed by atoms with Crippen LogP contribution in [-0.4, -0.2) is 16.1 Å². The Morgan fingerprint density at radius 2 is 1.74 bits per heavy atom. The Bertz CT molecular complexity index is 1110. The highest BCUT2D eigenvalue weighted by Gasteiger charge is 2.35. The second kappa shape index (κ2) is 11.0. The van der Waals surface area contributed by atoms with Crippen LogP contribution in [0.15, 0.2) is 54.7 Å². The third kappa shape index (κ3) is 6.65. The Morgan fingerprint density at radius 3 is 2.43 bits per heavy atom. The average Bonchev–Trinajstić information content (AvgIpc) is 2.85. The van der Waals surface area contributed by atoms with E-state index in [2.05, 4.69) is 34.4 Å². The molecule has 1 aliphatic rings. The monoisotopic (exact) mass is 484 g/mol. The number of ether oxygens (including phenoxy) is 1. The molecule has 0 spiro atoms. The van der Waals surface area contributed by atoms with Gasteiger partial charge in [-0.25, -0.2) is 4.98 Å². The molecule has 2 N–H and O–H groups in total. The standard InChI is InChI=1S/C27H31F3N4O/c1-3-18(2)19-8-7-9-21(16-19)32-25-24(27(28,29)30)17-31-26(34-25)33-20-12-14-23(15-13-20)35-22-10-5-4-6-11-22/h7-9,12-18,22H,3-6,10-11H2,1-2H3,(H2,31,32,33,34). The summed E-state index contributed by atoms with van der Waals surface area (Å²) < 4.78 is 47.0. The molecule has 0 amide bonds. The van der Waals surface area contributed by atoms with Crippen molar-refractivity contribution in [1.82, 2.24) is 9.97 Å². The highest BCUT2D eigenvalue weighted by Crippen LogP contribution is 2.36. The maximum atomic E-state index is 13.7. The Labute approximate surface area is 204 Å². The Balaban J connectivity index is 1.51. The first-order chi connectivity index (χ1) is 16.8. The molecular weight excluding hydrogens is 453 g/mol. The molecule has 1 aromatic heterocycles. The molecule has 0 bridgehead atoms. The minimum atomic E-state index is -4.59. The zero-order chi connectivity index (χ0) is 24.8. The van der Waals surface area contributed by atoms with Gasteiger partial charge < -0.3 is 15.4 Å². The number of anilines is 4. The maximum Gasteiger partial charge on any atom is 0.421 e. The van der Waals surface area contributed by atoms with Crippen LogP contribution in [0.1, 0.15) is 69.4 Å². The van der Waals surface area contributed by atoms with Crippen LogP contribution in [0.2, 0.25) is 0 Å². The van der Waals surface area contributed by atoms with E-state index in [0.717, 1.165) is 36.8 Å². The zero-order valence-corrected chi connectivity index (χ0v) is 20.0. The van der Waals surface area contributed by atoms with Gasteiger partial charge in [0.2, 0.25) is 5.95 Å². The molecule has 1 unspecified atom stereocenters. The summed E-state index contributed by atoms with van der Waals surface area (Å²) in [6, 6.07) is 14.7. The number of rotatable bonds is 8. The summed E-state index contributed by atoms with van der Waals surface area (Å²) in [7, 11) is 0. The van der Waals surface area contributed by atoms with E-state index >= 15 is 0 Å². The normalized spacial score (nSPS) is 15.5. The summed E-state index contributed by atoms with van der Waals surface area (Å²) in [6.45, 7) is 4.15. The lowest BCUT2D eigenvalue weighted by Gasteiger charge is -2.23. The third-order valence-electron chi connectivity index (χ3n) is 6.39.